The van der Waals surface area contributed by atoms with Crippen LogP contribution in [0.5, 0.6) is 0 Å². The first-order valence-corrected chi connectivity index (χ1v) is 7.32. The van der Waals surface area contributed by atoms with E-state index in [2.05, 4.69) is 21.7 Å². The molecular weight excluding hydrogens is 262 g/mol. The van der Waals surface area contributed by atoms with Gasteiger partial charge in [-0.15, -0.1) is 0 Å². The first-order chi connectivity index (χ1) is 10.3. The molecule has 1 aromatic heterocycles. The summed E-state index contributed by atoms with van der Waals surface area (Å²) in [4.78, 5) is 16.4. The number of pyridine rings is 1. The Hall–Kier alpha value is -2.20. The molecule has 21 heavy (non-hydrogen) atoms. The van der Waals surface area contributed by atoms with Gasteiger partial charge in [-0.2, -0.15) is 0 Å². The number of nitrogens with zero attached hydrogens (tertiary/aromatic N) is 1. The predicted octanol–water partition coefficient (Wildman–Crippen LogP) is 1.63. The molecule has 2 aromatic rings. The SMILES string of the molecule is O=C(NCCc1cccnc1)C1NCCc2ccccc21. The number of nitrogens with one attached hydrogen (secondary N) is 2. The van der Waals surface area contributed by atoms with E-state index in [0.29, 0.717) is 6.54 Å². The van der Waals surface area contributed by atoms with Gasteiger partial charge in [-0.25, -0.2) is 0 Å². The average molecular weight is 281 g/mol. The van der Waals surface area contributed by atoms with Gasteiger partial charge in [0.15, 0.2) is 0 Å². The van der Waals surface area contributed by atoms with Crippen molar-refractivity contribution in [2.75, 3.05) is 13.1 Å². The molecule has 1 unspecified atom stereocenters. The molecule has 0 bridgehead atoms. The Bertz CT molecular complexity index is 612. The molecule has 2 N–H and O–H groups in total. The van der Waals surface area contributed by atoms with E-state index in [4.69, 9.17) is 0 Å². The van der Waals surface area contributed by atoms with Crippen molar-refractivity contribution in [3.8, 4) is 0 Å². The van der Waals surface area contributed by atoms with Gasteiger partial charge < -0.3 is 10.6 Å². The van der Waals surface area contributed by atoms with E-state index in [1.807, 2.05) is 36.5 Å². The van der Waals surface area contributed by atoms with Gasteiger partial charge in [0.2, 0.25) is 5.91 Å². The first-order valence-electron chi connectivity index (χ1n) is 7.32. The Morgan fingerprint density at radius 1 is 1.29 bits per heavy atom. The standard InChI is InChI=1S/C17H19N3O/c21-17(20-10-7-13-4-3-9-18-12-13)16-15-6-2-1-5-14(15)8-11-19-16/h1-6,9,12,16,19H,7-8,10-11H2,(H,20,21). The molecule has 0 radical (unpaired) electrons. The molecule has 3 rings (SSSR count). The second kappa shape index (κ2) is 6.50. The first kappa shape index (κ1) is 13.8. The lowest BCUT2D eigenvalue weighted by Crippen LogP contribution is -2.41. The summed E-state index contributed by atoms with van der Waals surface area (Å²) in [5.41, 5.74) is 3.50. The Morgan fingerprint density at radius 3 is 3.05 bits per heavy atom. The van der Waals surface area contributed by atoms with Crippen molar-refractivity contribution in [3.63, 3.8) is 0 Å². The number of hydrogen-bond acceptors (Lipinski definition) is 3. The van der Waals surface area contributed by atoms with Crippen LogP contribution in [0.15, 0.2) is 48.8 Å². The molecule has 0 saturated heterocycles. The molecule has 0 fully saturated rings. The van der Waals surface area contributed by atoms with Crippen molar-refractivity contribution in [2.24, 2.45) is 0 Å². The number of aromatic nitrogens is 1. The molecule has 0 spiro atoms. The second-order valence-corrected chi connectivity index (χ2v) is 5.24. The van der Waals surface area contributed by atoms with Crippen molar-refractivity contribution in [3.05, 3.63) is 65.5 Å². The van der Waals surface area contributed by atoms with Crippen molar-refractivity contribution in [1.29, 1.82) is 0 Å². The van der Waals surface area contributed by atoms with Crippen LogP contribution in [-0.4, -0.2) is 24.0 Å². The molecule has 1 amide bonds. The van der Waals surface area contributed by atoms with Gasteiger partial charge in [-0.3, -0.25) is 9.78 Å². The second-order valence-electron chi connectivity index (χ2n) is 5.24. The largest absolute Gasteiger partial charge is 0.354 e. The van der Waals surface area contributed by atoms with Crippen LogP contribution in [0.25, 0.3) is 0 Å². The molecule has 1 aliphatic heterocycles. The molecule has 4 nitrogen and oxygen atoms in total. The average Bonchev–Trinajstić information content (AvgIpc) is 2.55. The maximum absolute atomic E-state index is 12.4. The third-order valence-electron chi connectivity index (χ3n) is 3.81. The Morgan fingerprint density at radius 2 is 2.19 bits per heavy atom. The fourth-order valence-electron chi connectivity index (χ4n) is 2.72. The van der Waals surface area contributed by atoms with E-state index in [0.717, 1.165) is 30.5 Å². The number of hydrogen-bond donors (Lipinski definition) is 2. The molecule has 1 atom stereocenters. The fourth-order valence-corrected chi connectivity index (χ4v) is 2.72. The van der Waals surface area contributed by atoms with Crippen molar-refractivity contribution < 1.29 is 4.79 Å². The van der Waals surface area contributed by atoms with Crippen LogP contribution >= 0.6 is 0 Å². The lowest BCUT2D eigenvalue weighted by Gasteiger charge is -2.26. The van der Waals surface area contributed by atoms with Gasteiger partial charge in [0, 0.05) is 25.5 Å². The third-order valence-corrected chi connectivity index (χ3v) is 3.81. The summed E-state index contributed by atoms with van der Waals surface area (Å²) in [7, 11) is 0. The number of rotatable bonds is 4. The van der Waals surface area contributed by atoms with Crippen LogP contribution in [0.4, 0.5) is 0 Å². The highest BCUT2D eigenvalue weighted by Gasteiger charge is 2.25. The summed E-state index contributed by atoms with van der Waals surface area (Å²) in [5, 5.41) is 6.31. The van der Waals surface area contributed by atoms with E-state index in [1.54, 1.807) is 6.20 Å². The zero-order chi connectivity index (χ0) is 14.5. The molecule has 0 aliphatic carbocycles. The molecule has 4 heteroatoms. The van der Waals surface area contributed by atoms with E-state index < -0.39 is 0 Å². The lowest BCUT2D eigenvalue weighted by molar-refractivity contribution is -0.123. The van der Waals surface area contributed by atoms with Crippen molar-refractivity contribution in [2.45, 2.75) is 18.9 Å². The van der Waals surface area contributed by atoms with Crippen LogP contribution in [0.1, 0.15) is 22.7 Å². The summed E-state index contributed by atoms with van der Waals surface area (Å²) in [5.74, 6) is 0.0473. The maximum Gasteiger partial charge on any atom is 0.241 e. The summed E-state index contributed by atoms with van der Waals surface area (Å²) < 4.78 is 0. The number of amides is 1. The van der Waals surface area contributed by atoms with Crippen LogP contribution in [0.2, 0.25) is 0 Å². The summed E-state index contributed by atoms with van der Waals surface area (Å²) >= 11 is 0. The minimum absolute atomic E-state index is 0.0473. The third kappa shape index (κ3) is 3.28. The molecule has 108 valence electrons. The molecule has 0 saturated carbocycles. The topological polar surface area (TPSA) is 54.0 Å². The van der Waals surface area contributed by atoms with Crippen molar-refractivity contribution in [1.82, 2.24) is 15.6 Å². The Labute approximate surface area is 124 Å². The monoisotopic (exact) mass is 281 g/mol. The molecular formula is C17H19N3O. The van der Waals surface area contributed by atoms with Gasteiger partial charge in [0.1, 0.15) is 6.04 Å². The molecule has 1 aromatic carbocycles. The Kier molecular flexibility index (Phi) is 4.26. The number of carbonyl (C=O) groups excluding carboxylic acids is 1. The molecule has 2 heterocycles. The smallest absolute Gasteiger partial charge is 0.241 e. The highest BCUT2D eigenvalue weighted by atomic mass is 16.2. The normalized spacial score (nSPS) is 17.0. The summed E-state index contributed by atoms with van der Waals surface area (Å²) in [6.45, 7) is 1.47. The van der Waals surface area contributed by atoms with Gasteiger partial charge in [0.25, 0.3) is 0 Å². The highest BCUT2D eigenvalue weighted by Crippen LogP contribution is 2.22. The summed E-state index contributed by atoms with van der Waals surface area (Å²) in [6, 6.07) is 11.9. The number of fused-ring (bicyclic) bond motifs is 1. The number of carbonyl (C=O) groups is 1. The van der Waals surface area contributed by atoms with E-state index in [-0.39, 0.29) is 11.9 Å². The lowest BCUT2D eigenvalue weighted by atomic mass is 9.94. The van der Waals surface area contributed by atoms with E-state index in [9.17, 15) is 4.79 Å². The highest BCUT2D eigenvalue weighted by molar-refractivity contribution is 5.83. The van der Waals surface area contributed by atoms with Crippen LogP contribution in [-0.2, 0) is 17.6 Å². The molecule has 1 aliphatic rings. The number of benzene rings is 1. The minimum atomic E-state index is -0.233. The van der Waals surface area contributed by atoms with Gasteiger partial charge >= 0.3 is 0 Å². The Balaban J connectivity index is 1.59. The summed E-state index contributed by atoms with van der Waals surface area (Å²) in [6.07, 6.45) is 5.37. The fraction of sp³-hybridized carbons (Fsp3) is 0.294. The van der Waals surface area contributed by atoms with Crippen molar-refractivity contribution >= 4 is 5.91 Å². The van der Waals surface area contributed by atoms with Gasteiger partial charge in [-0.05, 0) is 35.6 Å². The minimum Gasteiger partial charge on any atom is -0.354 e. The van der Waals surface area contributed by atoms with E-state index in [1.165, 1.54) is 5.56 Å². The van der Waals surface area contributed by atoms with Gasteiger partial charge in [0.05, 0.1) is 0 Å². The maximum atomic E-state index is 12.4. The zero-order valence-electron chi connectivity index (χ0n) is 11.9. The quantitative estimate of drug-likeness (QED) is 0.895. The zero-order valence-corrected chi connectivity index (χ0v) is 11.9. The van der Waals surface area contributed by atoms with Crippen LogP contribution in [0.3, 0.4) is 0 Å². The predicted molar refractivity (Wildman–Crippen MR) is 81.8 cm³/mol. The van der Waals surface area contributed by atoms with Crippen LogP contribution < -0.4 is 10.6 Å². The van der Waals surface area contributed by atoms with Gasteiger partial charge in [-0.1, -0.05) is 30.3 Å². The van der Waals surface area contributed by atoms with E-state index >= 15 is 0 Å². The van der Waals surface area contributed by atoms with Crippen LogP contribution in [0, 0.1) is 0 Å².